The zero-order valence-corrected chi connectivity index (χ0v) is 12.6. The van der Waals surface area contributed by atoms with Crippen LogP contribution in [0.15, 0.2) is 52.9 Å². The predicted molar refractivity (Wildman–Crippen MR) is 82.1 cm³/mol. The van der Waals surface area contributed by atoms with Gasteiger partial charge in [-0.1, -0.05) is 35.9 Å². The molecule has 0 atom stereocenters. The number of para-hydroxylation sites is 2. The molecule has 5 nitrogen and oxygen atoms in total. The second-order valence-electron chi connectivity index (χ2n) is 4.42. The second-order valence-corrected chi connectivity index (χ2v) is 4.83. The number of halogens is 1. The van der Waals surface area contributed by atoms with Crippen LogP contribution in [-0.2, 0) is 6.61 Å². The van der Waals surface area contributed by atoms with Gasteiger partial charge >= 0.3 is 0 Å². The zero-order valence-electron chi connectivity index (χ0n) is 11.8. The number of rotatable bonds is 5. The van der Waals surface area contributed by atoms with Crippen LogP contribution in [0.1, 0.15) is 5.89 Å². The van der Waals surface area contributed by atoms with E-state index in [0.29, 0.717) is 33.9 Å². The van der Waals surface area contributed by atoms with Gasteiger partial charge in [-0.25, -0.2) is 0 Å². The first-order valence-corrected chi connectivity index (χ1v) is 6.99. The smallest absolute Gasteiger partial charge is 0.254 e. The first-order chi connectivity index (χ1) is 10.8. The van der Waals surface area contributed by atoms with Gasteiger partial charge in [0.1, 0.15) is 0 Å². The van der Waals surface area contributed by atoms with Crippen molar-refractivity contribution >= 4 is 11.6 Å². The van der Waals surface area contributed by atoms with Crippen LogP contribution >= 0.6 is 11.6 Å². The van der Waals surface area contributed by atoms with Crippen molar-refractivity contribution in [3.8, 4) is 23.0 Å². The van der Waals surface area contributed by atoms with Crippen LogP contribution in [0.2, 0.25) is 5.02 Å². The highest BCUT2D eigenvalue weighted by Crippen LogP contribution is 2.28. The minimum atomic E-state index is 0.151. The Labute approximate surface area is 132 Å². The molecule has 0 spiro atoms. The van der Waals surface area contributed by atoms with Crippen LogP contribution in [0.25, 0.3) is 11.5 Å². The first-order valence-electron chi connectivity index (χ1n) is 6.61. The number of ether oxygens (including phenoxy) is 2. The molecule has 2 aromatic carbocycles. The Morgan fingerprint density at radius 1 is 1.00 bits per heavy atom. The van der Waals surface area contributed by atoms with Gasteiger partial charge in [0.05, 0.1) is 17.7 Å². The van der Waals surface area contributed by atoms with Gasteiger partial charge in [-0.2, -0.15) is 0 Å². The van der Waals surface area contributed by atoms with Crippen molar-refractivity contribution in [3.05, 3.63) is 59.4 Å². The minimum absolute atomic E-state index is 0.151. The van der Waals surface area contributed by atoms with Gasteiger partial charge < -0.3 is 13.9 Å². The summed E-state index contributed by atoms with van der Waals surface area (Å²) in [5.74, 6) is 1.99. The van der Waals surface area contributed by atoms with E-state index in [9.17, 15) is 0 Å². The molecule has 1 heterocycles. The molecule has 0 N–H and O–H groups in total. The lowest BCUT2D eigenvalue weighted by atomic mass is 10.2. The van der Waals surface area contributed by atoms with Gasteiger partial charge in [0, 0.05) is 0 Å². The van der Waals surface area contributed by atoms with E-state index in [2.05, 4.69) is 10.2 Å². The summed E-state index contributed by atoms with van der Waals surface area (Å²) < 4.78 is 16.4. The summed E-state index contributed by atoms with van der Waals surface area (Å²) in [4.78, 5) is 0. The molecule has 0 amide bonds. The SMILES string of the molecule is COc1ccccc1OCc1nnc(-c2ccccc2Cl)o1. The second kappa shape index (κ2) is 6.49. The number of nitrogens with zero attached hydrogens (tertiary/aromatic N) is 2. The van der Waals surface area contributed by atoms with E-state index in [1.54, 1.807) is 13.2 Å². The summed E-state index contributed by atoms with van der Waals surface area (Å²) in [5, 5.41) is 8.51. The highest BCUT2D eigenvalue weighted by Gasteiger charge is 2.12. The largest absolute Gasteiger partial charge is 0.493 e. The maximum atomic E-state index is 6.10. The number of methoxy groups -OCH3 is 1. The average Bonchev–Trinajstić information content (AvgIpc) is 3.02. The molecule has 0 aliphatic rings. The van der Waals surface area contributed by atoms with Crippen molar-refractivity contribution in [2.75, 3.05) is 7.11 Å². The number of hydrogen-bond acceptors (Lipinski definition) is 5. The quantitative estimate of drug-likeness (QED) is 0.712. The summed E-state index contributed by atoms with van der Waals surface area (Å²) in [5.41, 5.74) is 0.695. The van der Waals surface area contributed by atoms with E-state index >= 15 is 0 Å². The molecule has 6 heteroatoms. The summed E-state index contributed by atoms with van der Waals surface area (Å²) in [6.07, 6.45) is 0. The maximum Gasteiger partial charge on any atom is 0.254 e. The average molecular weight is 317 g/mol. The third-order valence-electron chi connectivity index (χ3n) is 2.99. The van der Waals surface area contributed by atoms with Crippen LogP contribution in [0, 0.1) is 0 Å². The molecule has 0 unspecified atom stereocenters. The van der Waals surface area contributed by atoms with Gasteiger partial charge in [-0.15, -0.1) is 10.2 Å². The van der Waals surface area contributed by atoms with Crippen LogP contribution < -0.4 is 9.47 Å². The van der Waals surface area contributed by atoms with Crippen LogP contribution in [0.3, 0.4) is 0 Å². The fourth-order valence-electron chi connectivity index (χ4n) is 1.93. The fourth-order valence-corrected chi connectivity index (χ4v) is 2.15. The van der Waals surface area contributed by atoms with E-state index < -0.39 is 0 Å². The first kappa shape index (κ1) is 14.4. The maximum absolute atomic E-state index is 6.10. The summed E-state index contributed by atoms with van der Waals surface area (Å²) >= 11 is 6.10. The zero-order chi connectivity index (χ0) is 15.4. The topological polar surface area (TPSA) is 57.4 Å². The third kappa shape index (κ3) is 3.04. The lowest BCUT2D eigenvalue weighted by molar-refractivity contribution is 0.251. The minimum Gasteiger partial charge on any atom is -0.493 e. The Bertz CT molecular complexity index is 773. The molecule has 22 heavy (non-hydrogen) atoms. The Balaban J connectivity index is 1.74. The summed E-state index contributed by atoms with van der Waals surface area (Å²) in [6, 6.07) is 14.6. The normalized spacial score (nSPS) is 10.5. The Kier molecular flexibility index (Phi) is 4.25. The van der Waals surface area contributed by atoms with E-state index in [1.165, 1.54) is 0 Å². The van der Waals surface area contributed by atoms with Crippen molar-refractivity contribution in [1.29, 1.82) is 0 Å². The molecule has 112 valence electrons. The highest BCUT2D eigenvalue weighted by atomic mass is 35.5. The van der Waals surface area contributed by atoms with Crippen molar-refractivity contribution in [3.63, 3.8) is 0 Å². The standard InChI is InChI=1S/C16H13ClN2O3/c1-20-13-8-4-5-9-14(13)21-10-15-18-19-16(22-15)11-6-2-3-7-12(11)17/h2-9H,10H2,1H3. The molecular formula is C16H13ClN2O3. The van der Waals surface area contributed by atoms with E-state index in [-0.39, 0.29) is 6.61 Å². The summed E-state index contributed by atoms with van der Waals surface area (Å²) in [7, 11) is 1.59. The van der Waals surface area contributed by atoms with Gasteiger partial charge in [-0.3, -0.25) is 0 Å². The van der Waals surface area contributed by atoms with Gasteiger partial charge in [-0.05, 0) is 24.3 Å². The molecule has 0 bridgehead atoms. The third-order valence-corrected chi connectivity index (χ3v) is 3.32. The molecule has 3 aromatic rings. The molecular weight excluding hydrogens is 304 g/mol. The van der Waals surface area contributed by atoms with E-state index in [1.807, 2.05) is 42.5 Å². The Morgan fingerprint density at radius 2 is 1.73 bits per heavy atom. The lowest BCUT2D eigenvalue weighted by Gasteiger charge is -2.08. The lowest BCUT2D eigenvalue weighted by Crippen LogP contribution is -1.97. The monoisotopic (exact) mass is 316 g/mol. The van der Waals surface area contributed by atoms with Crippen LogP contribution in [0.5, 0.6) is 11.5 Å². The summed E-state index contributed by atoms with van der Waals surface area (Å²) in [6.45, 7) is 0.151. The Morgan fingerprint density at radius 3 is 2.50 bits per heavy atom. The van der Waals surface area contributed by atoms with Crippen molar-refractivity contribution in [1.82, 2.24) is 10.2 Å². The molecule has 0 aliphatic carbocycles. The fraction of sp³-hybridized carbons (Fsp3) is 0.125. The molecule has 0 fully saturated rings. The van der Waals surface area contributed by atoms with Crippen molar-refractivity contribution in [2.45, 2.75) is 6.61 Å². The number of aromatic nitrogens is 2. The molecule has 0 saturated heterocycles. The van der Waals surface area contributed by atoms with Crippen molar-refractivity contribution < 1.29 is 13.9 Å². The molecule has 0 saturated carbocycles. The number of benzene rings is 2. The van der Waals surface area contributed by atoms with Crippen LogP contribution in [0.4, 0.5) is 0 Å². The molecule has 3 rings (SSSR count). The number of hydrogen-bond donors (Lipinski definition) is 0. The van der Waals surface area contributed by atoms with Gasteiger partial charge in [0.2, 0.25) is 5.89 Å². The Hall–Kier alpha value is -2.53. The molecule has 0 aliphatic heterocycles. The molecule has 1 aromatic heterocycles. The highest BCUT2D eigenvalue weighted by molar-refractivity contribution is 6.33. The van der Waals surface area contributed by atoms with Gasteiger partial charge in [0.15, 0.2) is 18.1 Å². The van der Waals surface area contributed by atoms with Crippen molar-refractivity contribution in [2.24, 2.45) is 0 Å². The van der Waals surface area contributed by atoms with E-state index in [0.717, 1.165) is 0 Å². The predicted octanol–water partition coefficient (Wildman–Crippen LogP) is 3.98. The van der Waals surface area contributed by atoms with Gasteiger partial charge in [0.25, 0.3) is 5.89 Å². The van der Waals surface area contributed by atoms with Crippen LogP contribution in [-0.4, -0.2) is 17.3 Å². The van der Waals surface area contributed by atoms with E-state index in [4.69, 9.17) is 25.5 Å². The molecule has 0 radical (unpaired) electrons.